The van der Waals surface area contributed by atoms with Gasteiger partial charge in [-0.05, 0) is 32.8 Å². The van der Waals surface area contributed by atoms with E-state index >= 15 is 0 Å². The van der Waals surface area contributed by atoms with Gasteiger partial charge in [-0.2, -0.15) is 0 Å². The van der Waals surface area contributed by atoms with Crippen molar-refractivity contribution in [2.24, 2.45) is 0 Å². The maximum atomic E-state index is 12.1. The summed E-state index contributed by atoms with van der Waals surface area (Å²) in [6.45, 7) is 5.33. The molecule has 2 amide bonds. The van der Waals surface area contributed by atoms with E-state index in [2.05, 4.69) is 10.6 Å². The average Bonchev–Trinajstić information content (AvgIpc) is 2.86. The van der Waals surface area contributed by atoms with Crippen molar-refractivity contribution >= 4 is 17.0 Å². The Hall–Kier alpha value is -2.01. The molecule has 118 valence electrons. The van der Waals surface area contributed by atoms with Gasteiger partial charge in [0, 0.05) is 17.6 Å². The van der Waals surface area contributed by atoms with E-state index in [9.17, 15) is 4.79 Å². The van der Waals surface area contributed by atoms with Crippen LogP contribution in [0.2, 0.25) is 0 Å². The number of para-hydroxylation sites is 1. The van der Waals surface area contributed by atoms with Gasteiger partial charge in [0.25, 0.3) is 0 Å². The third-order valence-electron chi connectivity index (χ3n) is 4.12. The molecule has 1 saturated heterocycles. The lowest BCUT2D eigenvalue weighted by Crippen LogP contribution is -2.46. The number of hydrogen-bond acceptors (Lipinski definition) is 3. The van der Waals surface area contributed by atoms with Gasteiger partial charge in [0.1, 0.15) is 11.3 Å². The van der Waals surface area contributed by atoms with Gasteiger partial charge in [-0.3, -0.25) is 0 Å². The van der Waals surface area contributed by atoms with E-state index in [1.807, 2.05) is 38.1 Å². The lowest BCUT2D eigenvalue weighted by Gasteiger charge is -2.24. The van der Waals surface area contributed by atoms with Gasteiger partial charge < -0.3 is 19.8 Å². The van der Waals surface area contributed by atoms with E-state index in [0.717, 1.165) is 41.7 Å². The monoisotopic (exact) mass is 302 g/mol. The topological polar surface area (TPSA) is 63.5 Å². The van der Waals surface area contributed by atoms with Crippen molar-refractivity contribution in [3.63, 3.8) is 0 Å². The second-order valence-electron chi connectivity index (χ2n) is 5.84. The summed E-state index contributed by atoms with van der Waals surface area (Å²) < 4.78 is 11.3. The molecule has 2 aromatic rings. The minimum atomic E-state index is -0.183. The van der Waals surface area contributed by atoms with Gasteiger partial charge in [0.2, 0.25) is 0 Å². The van der Waals surface area contributed by atoms with Gasteiger partial charge in [0.15, 0.2) is 0 Å². The smallest absolute Gasteiger partial charge is 0.315 e. The van der Waals surface area contributed by atoms with Crippen molar-refractivity contribution in [3.05, 3.63) is 35.6 Å². The number of aryl methyl sites for hydroxylation is 1. The quantitative estimate of drug-likeness (QED) is 0.914. The number of hydrogen-bond donors (Lipinski definition) is 2. The van der Waals surface area contributed by atoms with Crippen LogP contribution in [-0.2, 0) is 4.74 Å². The van der Waals surface area contributed by atoms with Crippen molar-refractivity contribution in [2.45, 2.75) is 38.8 Å². The zero-order valence-corrected chi connectivity index (χ0v) is 13.0. The van der Waals surface area contributed by atoms with Gasteiger partial charge in [-0.25, -0.2) is 4.79 Å². The fourth-order valence-electron chi connectivity index (χ4n) is 2.95. The number of rotatable bonds is 3. The first-order valence-electron chi connectivity index (χ1n) is 7.78. The Bertz CT molecular complexity index is 659. The molecular formula is C17H22N2O3. The zero-order valence-electron chi connectivity index (χ0n) is 13.0. The molecule has 3 rings (SSSR count). The summed E-state index contributed by atoms with van der Waals surface area (Å²) in [5.41, 5.74) is 1.93. The lowest BCUT2D eigenvalue weighted by atomic mass is 10.1. The number of carbonyl (C=O) groups excluding carboxylic acids is 1. The normalized spacial score (nSPS) is 19.8. The van der Waals surface area contributed by atoms with Crippen molar-refractivity contribution in [3.8, 4) is 0 Å². The van der Waals surface area contributed by atoms with Gasteiger partial charge in [0.05, 0.1) is 18.7 Å². The highest BCUT2D eigenvalue weighted by Crippen LogP contribution is 2.29. The number of carbonyl (C=O) groups is 1. The molecule has 5 nitrogen and oxygen atoms in total. The first kappa shape index (κ1) is 14.9. The number of amides is 2. The highest BCUT2D eigenvalue weighted by atomic mass is 16.5. The van der Waals surface area contributed by atoms with Crippen LogP contribution >= 0.6 is 0 Å². The molecule has 0 bridgehead atoms. The first-order chi connectivity index (χ1) is 10.6. The molecule has 1 aromatic carbocycles. The van der Waals surface area contributed by atoms with Crippen LogP contribution in [0.3, 0.4) is 0 Å². The maximum absolute atomic E-state index is 12.1. The summed E-state index contributed by atoms with van der Waals surface area (Å²) in [5.74, 6) is 0.802. The van der Waals surface area contributed by atoms with E-state index in [4.69, 9.17) is 9.15 Å². The van der Waals surface area contributed by atoms with Crippen LogP contribution in [0.1, 0.15) is 37.1 Å². The zero-order chi connectivity index (χ0) is 15.5. The van der Waals surface area contributed by atoms with Gasteiger partial charge in [-0.1, -0.05) is 18.2 Å². The summed E-state index contributed by atoms with van der Waals surface area (Å²) in [5, 5.41) is 6.99. The molecule has 1 aliphatic heterocycles. The Balaban J connectivity index is 1.66. The number of furan rings is 1. The first-order valence-corrected chi connectivity index (χ1v) is 7.78. The molecule has 2 heterocycles. The van der Waals surface area contributed by atoms with Crippen LogP contribution in [0, 0.1) is 6.92 Å². The number of urea groups is 1. The van der Waals surface area contributed by atoms with Gasteiger partial charge >= 0.3 is 6.03 Å². The van der Waals surface area contributed by atoms with E-state index in [1.54, 1.807) is 0 Å². The second kappa shape index (κ2) is 6.40. The fourth-order valence-corrected chi connectivity index (χ4v) is 2.95. The minimum absolute atomic E-state index is 0.0951. The Morgan fingerprint density at radius 2 is 2.18 bits per heavy atom. The molecule has 5 heteroatoms. The Morgan fingerprint density at radius 3 is 2.91 bits per heavy atom. The SMILES string of the molecule is Cc1c([C@@H](C)NC(=O)NC2CCCOC2)oc2ccccc12. The van der Waals surface area contributed by atoms with Crippen molar-refractivity contribution in [2.75, 3.05) is 13.2 Å². The summed E-state index contributed by atoms with van der Waals surface area (Å²) in [4.78, 5) is 12.1. The summed E-state index contributed by atoms with van der Waals surface area (Å²) >= 11 is 0. The lowest BCUT2D eigenvalue weighted by molar-refractivity contribution is 0.0730. The molecule has 22 heavy (non-hydrogen) atoms. The molecule has 1 fully saturated rings. The largest absolute Gasteiger partial charge is 0.459 e. The molecule has 0 spiro atoms. The number of fused-ring (bicyclic) bond motifs is 1. The highest BCUT2D eigenvalue weighted by Gasteiger charge is 2.20. The van der Waals surface area contributed by atoms with Crippen LogP contribution in [0.25, 0.3) is 11.0 Å². The molecule has 2 N–H and O–H groups in total. The van der Waals surface area contributed by atoms with Crippen molar-refractivity contribution < 1.29 is 13.9 Å². The van der Waals surface area contributed by atoms with Crippen molar-refractivity contribution in [1.29, 1.82) is 0 Å². The third-order valence-corrected chi connectivity index (χ3v) is 4.12. The minimum Gasteiger partial charge on any atom is -0.459 e. The number of nitrogens with one attached hydrogen (secondary N) is 2. The van der Waals surface area contributed by atoms with Crippen LogP contribution in [0.4, 0.5) is 4.79 Å². The molecule has 1 aromatic heterocycles. The molecule has 1 unspecified atom stereocenters. The highest BCUT2D eigenvalue weighted by molar-refractivity contribution is 5.82. The number of ether oxygens (including phenoxy) is 1. The maximum Gasteiger partial charge on any atom is 0.315 e. The fraction of sp³-hybridized carbons (Fsp3) is 0.471. The van der Waals surface area contributed by atoms with Crippen molar-refractivity contribution in [1.82, 2.24) is 10.6 Å². The summed E-state index contributed by atoms with van der Waals surface area (Å²) in [6, 6.07) is 7.64. The standard InChI is InChI=1S/C17H22N2O3/c1-11-14-7-3-4-8-15(14)22-16(11)12(2)18-17(20)19-13-6-5-9-21-10-13/h3-4,7-8,12-13H,5-6,9-10H2,1-2H3,(H2,18,19,20)/t12-,13?/m1/s1. The van der Waals surface area contributed by atoms with Crippen LogP contribution in [-0.4, -0.2) is 25.3 Å². The predicted octanol–water partition coefficient (Wildman–Crippen LogP) is 3.28. The molecular weight excluding hydrogens is 280 g/mol. The van der Waals surface area contributed by atoms with Crippen LogP contribution in [0.5, 0.6) is 0 Å². The van der Waals surface area contributed by atoms with E-state index in [-0.39, 0.29) is 18.1 Å². The third kappa shape index (κ3) is 3.09. The Morgan fingerprint density at radius 1 is 1.36 bits per heavy atom. The number of benzene rings is 1. The molecule has 2 atom stereocenters. The van der Waals surface area contributed by atoms with Gasteiger partial charge in [-0.15, -0.1) is 0 Å². The van der Waals surface area contributed by atoms with Crippen LogP contribution < -0.4 is 10.6 Å². The Kier molecular flexibility index (Phi) is 4.34. The molecule has 0 aliphatic carbocycles. The van der Waals surface area contributed by atoms with E-state index in [0.29, 0.717) is 6.61 Å². The van der Waals surface area contributed by atoms with E-state index < -0.39 is 0 Å². The average molecular weight is 302 g/mol. The summed E-state index contributed by atoms with van der Waals surface area (Å²) in [6.07, 6.45) is 1.95. The second-order valence-corrected chi connectivity index (χ2v) is 5.84. The van der Waals surface area contributed by atoms with E-state index in [1.165, 1.54) is 0 Å². The predicted molar refractivity (Wildman–Crippen MR) is 84.9 cm³/mol. The van der Waals surface area contributed by atoms with Crippen LogP contribution in [0.15, 0.2) is 28.7 Å². The Labute approximate surface area is 130 Å². The molecule has 1 aliphatic rings. The summed E-state index contributed by atoms with van der Waals surface area (Å²) in [7, 11) is 0. The molecule has 0 saturated carbocycles. The molecule has 0 radical (unpaired) electrons.